The summed E-state index contributed by atoms with van der Waals surface area (Å²) in [5.41, 5.74) is 1.21. The summed E-state index contributed by atoms with van der Waals surface area (Å²) in [7, 11) is 0. The molecule has 2 amide bonds. The summed E-state index contributed by atoms with van der Waals surface area (Å²) < 4.78 is 0. The van der Waals surface area contributed by atoms with Crippen LogP contribution in [-0.2, 0) is 9.59 Å². The summed E-state index contributed by atoms with van der Waals surface area (Å²) in [4.78, 5) is 23.7. The molecule has 5 heteroatoms. The molecule has 1 aliphatic rings. The minimum atomic E-state index is -0.0342. The molecule has 1 aliphatic carbocycles. The van der Waals surface area contributed by atoms with Crippen LogP contribution in [0.4, 0.5) is 11.4 Å². The van der Waals surface area contributed by atoms with Gasteiger partial charge in [-0.05, 0) is 43.4 Å². The minimum Gasteiger partial charge on any atom is -0.326 e. The Kier molecular flexibility index (Phi) is 6.25. The molecular weight excluding hydrogens is 300 g/mol. The molecule has 0 spiro atoms. The monoisotopic (exact) mass is 322 g/mol. The van der Waals surface area contributed by atoms with Gasteiger partial charge in [-0.1, -0.05) is 31.4 Å². The Morgan fingerprint density at radius 1 is 1.18 bits per heavy atom. The quantitative estimate of drug-likeness (QED) is 0.804. The van der Waals surface area contributed by atoms with Crippen LogP contribution in [0.3, 0.4) is 0 Å². The molecule has 0 aromatic heterocycles. The Morgan fingerprint density at radius 3 is 2.59 bits per heavy atom. The smallest absolute Gasteiger partial charge is 0.224 e. The Bertz CT molecular complexity index is 539. The van der Waals surface area contributed by atoms with E-state index in [0.29, 0.717) is 35.2 Å². The Morgan fingerprint density at radius 2 is 1.91 bits per heavy atom. The van der Waals surface area contributed by atoms with E-state index in [0.717, 1.165) is 19.3 Å². The van der Waals surface area contributed by atoms with E-state index in [1.165, 1.54) is 12.8 Å². The van der Waals surface area contributed by atoms with Crippen molar-refractivity contribution in [3.8, 4) is 0 Å². The molecule has 0 saturated heterocycles. The van der Waals surface area contributed by atoms with Crippen LogP contribution in [0.25, 0.3) is 0 Å². The van der Waals surface area contributed by atoms with E-state index < -0.39 is 0 Å². The number of carbonyl (C=O) groups is 2. The maximum atomic E-state index is 12.1. The molecule has 22 heavy (non-hydrogen) atoms. The highest BCUT2D eigenvalue weighted by Gasteiger charge is 2.19. The van der Waals surface area contributed by atoms with E-state index in [1.807, 2.05) is 6.92 Å². The van der Waals surface area contributed by atoms with Gasteiger partial charge in [-0.25, -0.2) is 0 Å². The third kappa shape index (κ3) is 5.02. The summed E-state index contributed by atoms with van der Waals surface area (Å²) in [6.07, 6.45) is 6.52. The highest BCUT2D eigenvalue weighted by atomic mass is 35.5. The maximum Gasteiger partial charge on any atom is 0.224 e. The average molecular weight is 323 g/mol. The number of hydrogen-bond donors (Lipinski definition) is 2. The average Bonchev–Trinajstić information content (AvgIpc) is 2.95. The Labute approximate surface area is 136 Å². The SMILES string of the molecule is CCCC(=O)Nc1ccc(Cl)c(NC(=O)CC2CCCC2)c1. The number of hydrogen-bond acceptors (Lipinski definition) is 2. The fourth-order valence-corrected chi connectivity index (χ4v) is 2.99. The van der Waals surface area contributed by atoms with Crippen molar-refractivity contribution < 1.29 is 9.59 Å². The summed E-state index contributed by atoms with van der Waals surface area (Å²) >= 11 is 6.13. The van der Waals surface area contributed by atoms with Crippen LogP contribution in [0.5, 0.6) is 0 Å². The lowest BCUT2D eigenvalue weighted by molar-refractivity contribution is -0.117. The first kappa shape index (κ1) is 16.8. The largest absolute Gasteiger partial charge is 0.326 e. The van der Waals surface area contributed by atoms with Crippen LogP contribution >= 0.6 is 11.6 Å². The van der Waals surface area contributed by atoms with Crippen molar-refractivity contribution in [3.63, 3.8) is 0 Å². The number of carbonyl (C=O) groups excluding carboxylic acids is 2. The summed E-state index contributed by atoms with van der Waals surface area (Å²) in [5, 5.41) is 6.15. The van der Waals surface area contributed by atoms with Crippen molar-refractivity contribution in [1.82, 2.24) is 0 Å². The van der Waals surface area contributed by atoms with Crippen molar-refractivity contribution in [1.29, 1.82) is 0 Å². The summed E-state index contributed by atoms with van der Waals surface area (Å²) in [5.74, 6) is 0.449. The van der Waals surface area contributed by atoms with Crippen LogP contribution in [0.1, 0.15) is 51.9 Å². The van der Waals surface area contributed by atoms with E-state index in [-0.39, 0.29) is 11.8 Å². The third-order valence-corrected chi connectivity index (χ3v) is 4.28. The molecular formula is C17H23ClN2O2. The van der Waals surface area contributed by atoms with Crippen molar-refractivity contribution in [3.05, 3.63) is 23.2 Å². The van der Waals surface area contributed by atoms with Gasteiger partial charge in [-0.15, -0.1) is 0 Å². The van der Waals surface area contributed by atoms with Gasteiger partial charge in [0, 0.05) is 18.5 Å². The molecule has 0 aliphatic heterocycles. The van der Waals surface area contributed by atoms with Crippen molar-refractivity contribution in [2.75, 3.05) is 10.6 Å². The Balaban J connectivity index is 1.96. The molecule has 1 aromatic rings. The lowest BCUT2D eigenvalue weighted by atomic mass is 10.0. The Hall–Kier alpha value is -1.55. The van der Waals surface area contributed by atoms with Gasteiger partial charge in [0.25, 0.3) is 0 Å². The number of benzene rings is 1. The van der Waals surface area contributed by atoms with Gasteiger partial charge in [0.1, 0.15) is 0 Å². The minimum absolute atomic E-state index is 0.00849. The summed E-state index contributed by atoms with van der Waals surface area (Å²) in [6, 6.07) is 5.14. The number of amides is 2. The molecule has 1 fully saturated rings. The number of rotatable bonds is 6. The van der Waals surface area contributed by atoms with Gasteiger partial charge in [0.2, 0.25) is 11.8 Å². The molecule has 0 bridgehead atoms. The van der Waals surface area contributed by atoms with Gasteiger partial charge < -0.3 is 10.6 Å². The molecule has 1 aromatic carbocycles. The highest BCUT2D eigenvalue weighted by Crippen LogP contribution is 2.29. The first-order valence-electron chi connectivity index (χ1n) is 7.97. The lowest BCUT2D eigenvalue weighted by Gasteiger charge is -2.12. The predicted molar refractivity (Wildman–Crippen MR) is 90.2 cm³/mol. The van der Waals surface area contributed by atoms with E-state index in [1.54, 1.807) is 18.2 Å². The first-order valence-corrected chi connectivity index (χ1v) is 8.35. The van der Waals surface area contributed by atoms with Gasteiger partial charge >= 0.3 is 0 Å². The maximum absolute atomic E-state index is 12.1. The zero-order valence-corrected chi connectivity index (χ0v) is 13.7. The number of anilines is 2. The molecule has 1 saturated carbocycles. The molecule has 120 valence electrons. The van der Waals surface area contributed by atoms with Gasteiger partial charge in [0.15, 0.2) is 0 Å². The first-order chi connectivity index (χ1) is 10.6. The second-order valence-electron chi connectivity index (χ2n) is 5.90. The van der Waals surface area contributed by atoms with E-state index >= 15 is 0 Å². The van der Waals surface area contributed by atoms with E-state index in [4.69, 9.17) is 11.6 Å². The second-order valence-corrected chi connectivity index (χ2v) is 6.30. The van der Waals surface area contributed by atoms with Crippen molar-refractivity contribution >= 4 is 34.8 Å². The van der Waals surface area contributed by atoms with E-state index in [2.05, 4.69) is 10.6 Å². The normalized spacial score (nSPS) is 14.8. The fourth-order valence-electron chi connectivity index (χ4n) is 2.83. The number of halogens is 1. The topological polar surface area (TPSA) is 58.2 Å². The molecule has 2 rings (SSSR count). The molecule has 0 radical (unpaired) electrons. The molecule has 0 unspecified atom stereocenters. The van der Waals surface area contributed by atoms with Crippen molar-refractivity contribution in [2.24, 2.45) is 5.92 Å². The predicted octanol–water partition coefficient (Wildman–Crippen LogP) is 4.60. The standard InChI is InChI=1S/C17H23ClN2O2/c1-2-5-16(21)19-13-8-9-14(18)15(11-13)20-17(22)10-12-6-3-4-7-12/h8-9,11-12H,2-7,10H2,1H3,(H,19,21)(H,20,22). The molecule has 0 atom stereocenters. The zero-order chi connectivity index (χ0) is 15.9. The van der Waals surface area contributed by atoms with E-state index in [9.17, 15) is 9.59 Å². The lowest BCUT2D eigenvalue weighted by Crippen LogP contribution is -2.16. The van der Waals surface area contributed by atoms with Gasteiger partial charge in [0.05, 0.1) is 10.7 Å². The van der Waals surface area contributed by atoms with Crippen LogP contribution < -0.4 is 10.6 Å². The second kappa shape index (κ2) is 8.18. The van der Waals surface area contributed by atoms with Crippen LogP contribution in [0.15, 0.2) is 18.2 Å². The van der Waals surface area contributed by atoms with Gasteiger partial charge in [-0.3, -0.25) is 9.59 Å². The van der Waals surface area contributed by atoms with Crippen LogP contribution in [0.2, 0.25) is 5.02 Å². The molecule has 0 heterocycles. The van der Waals surface area contributed by atoms with Crippen LogP contribution in [-0.4, -0.2) is 11.8 Å². The summed E-state index contributed by atoms with van der Waals surface area (Å²) in [6.45, 7) is 1.95. The number of nitrogens with one attached hydrogen (secondary N) is 2. The van der Waals surface area contributed by atoms with Crippen molar-refractivity contribution in [2.45, 2.75) is 51.9 Å². The fraction of sp³-hybridized carbons (Fsp3) is 0.529. The van der Waals surface area contributed by atoms with Crippen LogP contribution in [0, 0.1) is 5.92 Å². The molecule has 2 N–H and O–H groups in total. The third-order valence-electron chi connectivity index (χ3n) is 3.95. The van der Waals surface area contributed by atoms with Gasteiger partial charge in [-0.2, -0.15) is 0 Å². The highest BCUT2D eigenvalue weighted by molar-refractivity contribution is 6.33. The molecule has 4 nitrogen and oxygen atoms in total. The zero-order valence-electron chi connectivity index (χ0n) is 13.0.